The van der Waals surface area contributed by atoms with Crippen molar-refractivity contribution in [1.82, 2.24) is 20.1 Å². The molecule has 1 amide bonds. The molecule has 5 nitrogen and oxygen atoms in total. The minimum atomic E-state index is -0.172. The number of pyridine rings is 1. The van der Waals surface area contributed by atoms with E-state index in [9.17, 15) is 4.79 Å². The molecule has 0 spiro atoms. The first-order valence-electron chi connectivity index (χ1n) is 5.55. The zero-order chi connectivity index (χ0) is 13.1. The number of aromatic nitrogens is 3. The Kier molecular flexibility index (Phi) is 3.95. The number of halogens is 1. The third kappa shape index (κ3) is 3.06. The lowest BCUT2D eigenvalue weighted by molar-refractivity contribution is 0.0938. The first-order valence-corrected chi connectivity index (χ1v) is 6.62. The molecular weight excluding hydrogens is 343 g/mol. The monoisotopic (exact) mass is 356 g/mol. The van der Waals surface area contributed by atoms with Crippen LogP contribution in [0.5, 0.6) is 0 Å². The van der Waals surface area contributed by atoms with Gasteiger partial charge in [0.25, 0.3) is 5.91 Å². The van der Waals surface area contributed by atoms with E-state index in [1.807, 2.05) is 26.1 Å². The lowest BCUT2D eigenvalue weighted by Gasteiger charge is -2.08. The number of rotatable bonds is 3. The molecule has 94 valence electrons. The third-order valence-electron chi connectivity index (χ3n) is 2.17. The molecule has 0 saturated carbocycles. The van der Waals surface area contributed by atoms with Crippen LogP contribution in [0.1, 0.15) is 24.3 Å². The predicted molar refractivity (Wildman–Crippen MR) is 76.7 cm³/mol. The van der Waals surface area contributed by atoms with Gasteiger partial charge in [-0.25, -0.2) is 9.67 Å². The number of carbonyl (C=O) groups is 1. The molecule has 18 heavy (non-hydrogen) atoms. The van der Waals surface area contributed by atoms with Crippen LogP contribution in [0.3, 0.4) is 0 Å². The summed E-state index contributed by atoms with van der Waals surface area (Å²) < 4.78 is 2.67. The fraction of sp³-hybridized carbons (Fsp3) is 0.250. The smallest absolute Gasteiger partial charge is 0.270 e. The van der Waals surface area contributed by atoms with Crippen molar-refractivity contribution in [2.24, 2.45) is 0 Å². The Morgan fingerprint density at radius 3 is 2.83 bits per heavy atom. The second-order valence-corrected chi connectivity index (χ2v) is 5.36. The van der Waals surface area contributed by atoms with Crippen molar-refractivity contribution in [3.05, 3.63) is 39.9 Å². The van der Waals surface area contributed by atoms with Gasteiger partial charge in [-0.05, 0) is 48.6 Å². The summed E-state index contributed by atoms with van der Waals surface area (Å²) in [5, 5.41) is 6.97. The molecule has 2 rings (SSSR count). The van der Waals surface area contributed by atoms with Crippen LogP contribution in [-0.4, -0.2) is 26.7 Å². The molecule has 1 N–H and O–H groups in total. The summed E-state index contributed by atoms with van der Waals surface area (Å²) in [7, 11) is 0. The van der Waals surface area contributed by atoms with Crippen LogP contribution in [0.2, 0.25) is 0 Å². The number of hydrogen-bond acceptors (Lipinski definition) is 3. The lowest BCUT2D eigenvalue weighted by Crippen LogP contribution is -2.30. The molecule has 0 unspecified atom stereocenters. The van der Waals surface area contributed by atoms with E-state index in [2.05, 4.69) is 38.0 Å². The number of carbonyl (C=O) groups excluding carboxylic acids is 1. The van der Waals surface area contributed by atoms with Gasteiger partial charge in [0, 0.05) is 12.2 Å². The highest BCUT2D eigenvalue weighted by atomic mass is 127. The molecule has 0 aliphatic carbocycles. The van der Waals surface area contributed by atoms with Gasteiger partial charge in [-0.15, -0.1) is 0 Å². The first kappa shape index (κ1) is 13.0. The standard InChI is InChI=1S/C12H13IN4O/c1-8(2)15-12(18)10-4-3-5-11(16-10)17-7-9(13)6-14-17/h3-8H,1-2H3,(H,15,18). The van der Waals surface area contributed by atoms with E-state index in [-0.39, 0.29) is 11.9 Å². The Morgan fingerprint density at radius 2 is 2.22 bits per heavy atom. The SMILES string of the molecule is CC(C)NC(=O)c1cccc(-n2cc(I)cn2)n1. The lowest BCUT2D eigenvalue weighted by atomic mass is 10.3. The van der Waals surface area contributed by atoms with Gasteiger partial charge in [0.2, 0.25) is 0 Å². The van der Waals surface area contributed by atoms with Crippen molar-refractivity contribution in [3.63, 3.8) is 0 Å². The molecule has 0 aliphatic rings. The van der Waals surface area contributed by atoms with E-state index < -0.39 is 0 Å². The maximum atomic E-state index is 11.8. The fourth-order valence-corrected chi connectivity index (χ4v) is 1.83. The largest absolute Gasteiger partial charge is 0.349 e. The Balaban J connectivity index is 2.28. The quantitative estimate of drug-likeness (QED) is 0.856. The summed E-state index contributed by atoms with van der Waals surface area (Å²) in [6.07, 6.45) is 3.59. The predicted octanol–water partition coefficient (Wildman–Crippen LogP) is 2.01. The molecule has 0 bridgehead atoms. The summed E-state index contributed by atoms with van der Waals surface area (Å²) >= 11 is 2.18. The van der Waals surface area contributed by atoms with E-state index in [0.717, 1.165) is 3.57 Å². The molecule has 0 fully saturated rings. The van der Waals surface area contributed by atoms with Gasteiger partial charge in [0.15, 0.2) is 5.82 Å². The minimum Gasteiger partial charge on any atom is -0.349 e. The molecule has 2 aromatic heterocycles. The first-order chi connectivity index (χ1) is 8.56. The highest BCUT2D eigenvalue weighted by Crippen LogP contribution is 2.08. The van der Waals surface area contributed by atoms with Crippen molar-refractivity contribution in [3.8, 4) is 5.82 Å². The van der Waals surface area contributed by atoms with E-state index in [4.69, 9.17) is 0 Å². The van der Waals surface area contributed by atoms with Gasteiger partial charge in [0.1, 0.15) is 5.69 Å². The Bertz CT molecular complexity index is 565. The second-order valence-electron chi connectivity index (χ2n) is 4.11. The average molecular weight is 356 g/mol. The summed E-state index contributed by atoms with van der Waals surface area (Å²) in [5.74, 6) is 0.461. The minimum absolute atomic E-state index is 0.0913. The van der Waals surface area contributed by atoms with Gasteiger partial charge in [0.05, 0.1) is 9.77 Å². The van der Waals surface area contributed by atoms with Crippen molar-refractivity contribution in [2.45, 2.75) is 19.9 Å². The molecule has 2 heterocycles. The molecule has 0 aromatic carbocycles. The molecule has 0 atom stereocenters. The Hall–Kier alpha value is -1.44. The van der Waals surface area contributed by atoms with Crippen molar-refractivity contribution >= 4 is 28.5 Å². The van der Waals surface area contributed by atoms with Crippen molar-refractivity contribution < 1.29 is 4.79 Å². The Labute approximate surface area is 119 Å². The molecule has 2 aromatic rings. The van der Waals surface area contributed by atoms with E-state index in [0.29, 0.717) is 11.5 Å². The van der Waals surface area contributed by atoms with E-state index >= 15 is 0 Å². The Morgan fingerprint density at radius 1 is 1.44 bits per heavy atom. The topological polar surface area (TPSA) is 59.8 Å². The molecule has 0 aliphatic heterocycles. The van der Waals surface area contributed by atoms with E-state index in [1.54, 1.807) is 23.0 Å². The zero-order valence-corrected chi connectivity index (χ0v) is 12.2. The van der Waals surface area contributed by atoms with Gasteiger partial charge < -0.3 is 5.32 Å². The van der Waals surface area contributed by atoms with Crippen LogP contribution < -0.4 is 5.32 Å². The second kappa shape index (κ2) is 5.47. The summed E-state index contributed by atoms with van der Waals surface area (Å²) in [6, 6.07) is 5.39. The normalized spacial score (nSPS) is 10.7. The number of nitrogens with zero attached hydrogens (tertiary/aromatic N) is 3. The van der Waals surface area contributed by atoms with Gasteiger partial charge in [-0.3, -0.25) is 4.79 Å². The van der Waals surface area contributed by atoms with Crippen LogP contribution in [0.4, 0.5) is 0 Å². The van der Waals surface area contributed by atoms with Crippen molar-refractivity contribution in [1.29, 1.82) is 0 Å². The maximum Gasteiger partial charge on any atom is 0.270 e. The number of nitrogens with one attached hydrogen (secondary N) is 1. The summed E-state index contributed by atoms with van der Waals surface area (Å²) in [6.45, 7) is 3.83. The van der Waals surface area contributed by atoms with Crippen molar-refractivity contribution in [2.75, 3.05) is 0 Å². The van der Waals surface area contributed by atoms with Gasteiger partial charge in [-0.2, -0.15) is 5.10 Å². The molecule has 0 radical (unpaired) electrons. The van der Waals surface area contributed by atoms with Crippen LogP contribution in [-0.2, 0) is 0 Å². The number of hydrogen-bond donors (Lipinski definition) is 1. The average Bonchev–Trinajstić information content (AvgIpc) is 2.75. The van der Waals surface area contributed by atoms with Crippen LogP contribution in [0.15, 0.2) is 30.6 Å². The molecular formula is C12H13IN4O. The molecule has 0 saturated heterocycles. The molecule has 6 heteroatoms. The number of amides is 1. The zero-order valence-electron chi connectivity index (χ0n) is 10.1. The highest BCUT2D eigenvalue weighted by Gasteiger charge is 2.10. The fourth-order valence-electron chi connectivity index (χ4n) is 1.44. The summed E-state index contributed by atoms with van der Waals surface area (Å²) in [4.78, 5) is 16.1. The maximum absolute atomic E-state index is 11.8. The van der Waals surface area contributed by atoms with Crippen LogP contribution in [0.25, 0.3) is 5.82 Å². The van der Waals surface area contributed by atoms with Crippen LogP contribution in [0, 0.1) is 3.57 Å². The highest BCUT2D eigenvalue weighted by molar-refractivity contribution is 14.1. The van der Waals surface area contributed by atoms with Gasteiger partial charge >= 0.3 is 0 Å². The summed E-state index contributed by atoms with van der Waals surface area (Å²) in [5.41, 5.74) is 0.395. The van der Waals surface area contributed by atoms with Gasteiger partial charge in [-0.1, -0.05) is 6.07 Å². The van der Waals surface area contributed by atoms with Crippen LogP contribution >= 0.6 is 22.6 Å². The van der Waals surface area contributed by atoms with E-state index in [1.165, 1.54) is 0 Å². The third-order valence-corrected chi connectivity index (χ3v) is 2.73.